The monoisotopic (exact) mass is 341 g/mol. The first-order chi connectivity index (χ1) is 11.8. The van der Waals surface area contributed by atoms with Crippen molar-refractivity contribution in [2.45, 2.75) is 45.8 Å². The fourth-order valence-corrected chi connectivity index (χ4v) is 3.17. The average molecular weight is 341 g/mol. The van der Waals surface area contributed by atoms with E-state index in [1.807, 2.05) is 32.9 Å². The molecule has 0 saturated carbocycles. The third kappa shape index (κ3) is 3.60. The van der Waals surface area contributed by atoms with Crippen molar-refractivity contribution in [3.8, 4) is 0 Å². The summed E-state index contributed by atoms with van der Waals surface area (Å²) in [5.74, 6) is -0.578. The second-order valence-corrected chi connectivity index (χ2v) is 7.23. The van der Waals surface area contributed by atoms with Crippen molar-refractivity contribution >= 4 is 28.4 Å². The van der Waals surface area contributed by atoms with Crippen LogP contribution in [0.5, 0.6) is 0 Å². The van der Waals surface area contributed by atoms with E-state index in [9.17, 15) is 9.59 Å². The van der Waals surface area contributed by atoms with Gasteiger partial charge in [-0.15, -0.1) is 0 Å². The van der Waals surface area contributed by atoms with E-state index in [0.717, 1.165) is 35.1 Å². The van der Waals surface area contributed by atoms with Gasteiger partial charge >= 0.3 is 11.9 Å². The molecule has 1 aliphatic heterocycles. The predicted octanol–water partition coefficient (Wildman–Crippen LogP) is 3.95. The molecule has 1 aliphatic rings. The van der Waals surface area contributed by atoms with Crippen molar-refractivity contribution in [3.05, 3.63) is 41.6 Å². The first-order valence-corrected chi connectivity index (χ1v) is 8.41. The van der Waals surface area contributed by atoms with E-state index >= 15 is 0 Å². The van der Waals surface area contributed by atoms with Gasteiger partial charge in [0, 0.05) is 23.1 Å². The molecule has 0 N–H and O–H groups in total. The smallest absolute Gasteiger partial charge is 0.337 e. The fraction of sp³-hybridized carbons (Fsp3) is 0.400. The topological polar surface area (TPSA) is 57.5 Å². The van der Waals surface area contributed by atoms with Crippen molar-refractivity contribution in [1.82, 2.24) is 4.57 Å². The van der Waals surface area contributed by atoms with Crippen LogP contribution < -0.4 is 0 Å². The van der Waals surface area contributed by atoms with Crippen LogP contribution in [0.4, 0.5) is 0 Å². The van der Waals surface area contributed by atoms with Gasteiger partial charge in [0.2, 0.25) is 0 Å². The molecule has 0 spiro atoms. The van der Waals surface area contributed by atoms with Gasteiger partial charge in [0.15, 0.2) is 0 Å². The van der Waals surface area contributed by atoms with Gasteiger partial charge in [-0.1, -0.05) is 12.1 Å². The molecule has 0 radical (unpaired) electrons. The molecule has 0 fully saturated rings. The SMILES string of the molecule is COC(=O)c1ccc2cc3n(c2c1)CCC=C3CC(=O)OC(C)(C)C. The van der Waals surface area contributed by atoms with E-state index in [-0.39, 0.29) is 18.4 Å². The van der Waals surface area contributed by atoms with Crippen LogP contribution in [0.25, 0.3) is 16.5 Å². The van der Waals surface area contributed by atoms with Gasteiger partial charge in [0.25, 0.3) is 0 Å². The van der Waals surface area contributed by atoms with Gasteiger partial charge in [-0.2, -0.15) is 0 Å². The molecular formula is C20H23NO4. The Morgan fingerprint density at radius 2 is 1.96 bits per heavy atom. The van der Waals surface area contributed by atoms with E-state index in [1.54, 1.807) is 6.07 Å². The quantitative estimate of drug-likeness (QED) is 0.793. The lowest BCUT2D eigenvalue weighted by Gasteiger charge is -2.22. The second kappa shape index (κ2) is 6.39. The summed E-state index contributed by atoms with van der Waals surface area (Å²) in [6, 6.07) is 7.59. The molecule has 0 saturated heterocycles. The molecule has 3 rings (SSSR count). The van der Waals surface area contributed by atoms with Crippen LogP contribution in [0.2, 0.25) is 0 Å². The number of esters is 2. The number of fused-ring (bicyclic) bond motifs is 3. The number of hydrogen-bond acceptors (Lipinski definition) is 4. The third-order valence-electron chi connectivity index (χ3n) is 4.15. The molecule has 0 aliphatic carbocycles. The number of nitrogens with zero attached hydrogens (tertiary/aromatic N) is 1. The second-order valence-electron chi connectivity index (χ2n) is 7.23. The van der Waals surface area contributed by atoms with E-state index in [1.165, 1.54) is 7.11 Å². The third-order valence-corrected chi connectivity index (χ3v) is 4.15. The minimum absolute atomic E-state index is 0.229. The summed E-state index contributed by atoms with van der Waals surface area (Å²) in [6.07, 6.45) is 3.19. The van der Waals surface area contributed by atoms with E-state index in [2.05, 4.69) is 16.7 Å². The van der Waals surface area contributed by atoms with Crippen LogP contribution in [0.15, 0.2) is 30.3 Å². The highest BCUT2D eigenvalue weighted by Crippen LogP contribution is 2.32. The van der Waals surface area contributed by atoms with Crippen LogP contribution in [-0.4, -0.2) is 29.2 Å². The van der Waals surface area contributed by atoms with Gasteiger partial charge in [-0.05, 0) is 51.0 Å². The summed E-state index contributed by atoms with van der Waals surface area (Å²) >= 11 is 0. The zero-order chi connectivity index (χ0) is 18.2. The highest BCUT2D eigenvalue weighted by Gasteiger charge is 2.22. The first kappa shape index (κ1) is 17.3. The zero-order valence-electron chi connectivity index (χ0n) is 15.1. The maximum Gasteiger partial charge on any atom is 0.337 e. The number of ether oxygens (including phenoxy) is 2. The van der Waals surface area contributed by atoms with Gasteiger partial charge in [-0.3, -0.25) is 4.79 Å². The molecule has 0 atom stereocenters. The lowest BCUT2D eigenvalue weighted by molar-refractivity contribution is -0.153. The number of allylic oxidation sites excluding steroid dienone is 1. The van der Waals surface area contributed by atoms with Crippen molar-refractivity contribution in [2.75, 3.05) is 7.11 Å². The maximum absolute atomic E-state index is 12.2. The summed E-state index contributed by atoms with van der Waals surface area (Å²) in [5.41, 5.74) is 2.99. The lowest BCUT2D eigenvalue weighted by Crippen LogP contribution is -2.24. The van der Waals surface area contributed by atoms with Crippen LogP contribution in [-0.2, 0) is 20.8 Å². The Labute approximate surface area is 147 Å². The van der Waals surface area contributed by atoms with Gasteiger partial charge < -0.3 is 14.0 Å². The van der Waals surface area contributed by atoms with E-state index in [4.69, 9.17) is 9.47 Å². The molecule has 1 aromatic heterocycles. The fourth-order valence-electron chi connectivity index (χ4n) is 3.17. The Bertz CT molecular complexity index is 868. The standard InChI is InChI=1S/C20H23NO4/c1-20(2,3)25-18(22)12-13-6-5-9-21-16(13)10-14-7-8-15(11-17(14)21)19(23)24-4/h6-8,10-11H,5,9,12H2,1-4H3. The van der Waals surface area contributed by atoms with Gasteiger partial charge in [0.05, 0.1) is 19.1 Å². The van der Waals surface area contributed by atoms with Crippen LogP contribution in [0.3, 0.4) is 0 Å². The van der Waals surface area contributed by atoms with Gasteiger partial charge in [-0.25, -0.2) is 4.79 Å². The Balaban J connectivity index is 1.94. The van der Waals surface area contributed by atoms with Crippen LogP contribution >= 0.6 is 0 Å². The summed E-state index contributed by atoms with van der Waals surface area (Å²) in [4.78, 5) is 24.0. The largest absolute Gasteiger partial charge is 0.465 e. The Morgan fingerprint density at radius 1 is 1.20 bits per heavy atom. The summed E-state index contributed by atoms with van der Waals surface area (Å²) < 4.78 is 12.4. The zero-order valence-corrected chi connectivity index (χ0v) is 15.1. The number of carbonyl (C=O) groups excluding carboxylic acids is 2. The molecule has 1 aromatic carbocycles. The van der Waals surface area contributed by atoms with Crippen molar-refractivity contribution in [1.29, 1.82) is 0 Å². The number of benzene rings is 1. The van der Waals surface area contributed by atoms with E-state index in [0.29, 0.717) is 5.56 Å². The molecule has 0 amide bonds. The highest BCUT2D eigenvalue weighted by molar-refractivity contribution is 5.97. The summed E-state index contributed by atoms with van der Waals surface area (Å²) in [6.45, 7) is 6.42. The maximum atomic E-state index is 12.2. The number of carbonyl (C=O) groups is 2. The molecule has 132 valence electrons. The summed E-state index contributed by atoms with van der Waals surface area (Å²) in [7, 11) is 1.38. The molecule has 5 nitrogen and oxygen atoms in total. The molecular weight excluding hydrogens is 318 g/mol. The molecule has 2 aromatic rings. The average Bonchev–Trinajstić information content (AvgIpc) is 2.91. The molecule has 25 heavy (non-hydrogen) atoms. The molecule has 0 bridgehead atoms. The van der Waals surface area contributed by atoms with Crippen molar-refractivity contribution in [3.63, 3.8) is 0 Å². The molecule has 0 unspecified atom stereocenters. The molecule has 2 heterocycles. The normalized spacial score (nSPS) is 14.0. The Kier molecular flexibility index (Phi) is 4.41. The lowest BCUT2D eigenvalue weighted by atomic mass is 10.0. The van der Waals surface area contributed by atoms with Crippen molar-refractivity contribution in [2.24, 2.45) is 0 Å². The number of aryl methyl sites for hydroxylation is 1. The number of aromatic nitrogens is 1. The number of hydrogen-bond donors (Lipinski definition) is 0. The first-order valence-electron chi connectivity index (χ1n) is 8.41. The number of rotatable bonds is 3. The van der Waals surface area contributed by atoms with Crippen LogP contribution in [0, 0.1) is 0 Å². The molecule has 5 heteroatoms. The number of methoxy groups -OCH3 is 1. The van der Waals surface area contributed by atoms with E-state index < -0.39 is 5.60 Å². The van der Waals surface area contributed by atoms with Gasteiger partial charge in [0.1, 0.15) is 5.60 Å². The minimum Gasteiger partial charge on any atom is -0.465 e. The van der Waals surface area contributed by atoms with Crippen LogP contribution in [0.1, 0.15) is 49.7 Å². The summed E-state index contributed by atoms with van der Waals surface area (Å²) in [5, 5.41) is 1.04. The van der Waals surface area contributed by atoms with Crippen molar-refractivity contribution < 1.29 is 19.1 Å². The minimum atomic E-state index is -0.492. The highest BCUT2D eigenvalue weighted by atomic mass is 16.6. The Hall–Kier alpha value is -2.56. The Morgan fingerprint density at radius 3 is 2.64 bits per heavy atom. The predicted molar refractivity (Wildman–Crippen MR) is 96.3 cm³/mol.